The molecule has 0 saturated carbocycles. The van der Waals surface area contributed by atoms with Gasteiger partial charge < -0.3 is 9.26 Å². The number of esters is 1. The van der Waals surface area contributed by atoms with Crippen molar-refractivity contribution < 1.29 is 18.4 Å². The minimum Gasteiger partial charge on any atom is -0.451 e. The summed E-state index contributed by atoms with van der Waals surface area (Å²) in [6.07, 6.45) is 0. The van der Waals surface area contributed by atoms with Gasteiger partial charge in [-0.25, -0.2) is 9.18 Å². The topological polar surface area (TPSA) is 65.2 Å². The van der Waals surface area contributed by atoms with Crippen molar-refractivity contribution in [2.24, 2.45) is 0 Å². The van der Waals surface area contributed by atoms with Crippen LogP contribution in [0.4, 0.5) is 4.39 Å². The molecular weight excluding hydrogens is 331 g/mol. The number of halogens is 2. The van der Waals surface area contributed by atoms with Gasteiger partial charge in [0.2, 0.25) is 5.82 Å². The lowest BCUT2D eigenvalue weighted by Crippen LogP contribution is -2.03. The molecule has 1 aromatic carbocycles. The first kappa shape index (κ1) is 14.7. The highest BCUT2D eigenvalue weighted by molar-refractivity contribution is 7.17. The van der Waals surface area contributed by atoms with Crippen molar-refractivity contribution in [3.8, 4) is 11.4 Å². The van der Waals surface area contributed by atoms with E-state index in [2.05, 4.69) is 10.1 Å². The SMILES string of the molecule is O=C(OCc1nc(-c2ccc(F)cc2)no1)c1ccc(Cl)s1. The number of ether oxygens (including phenoxy) is 1. The highest BCUT2D eigenvalue weighted by atomic mass is 35.5. The Kier molecular flexibility index (Phi) is 4.17. The number of thiophene rings is 1. The molecule has 0 aliphatic rings. The largest absolute Gasteiger partial charge is 0.451 e. The number of carbonyl (C=O) groups is 1. The predicted octanol–water partition coefficient (Wildman–Crippen LogP) is 3.95. The summed E-state index contributed by atoms with van der Waals surface area (Å²) in [6.45, 7) is -0.150. The van der Waals surface area contributed by atoms with Crippen LogP contribution in [0.15, 0.2) is 40.9 Å². The quantitative estimate of drug-likeness (QED) is 0.674. The summed E-state index contributed by atoms with van der Waals surface area (Å²) in [5.41, 5.74) is 0.604. The number of hydrogen-bond acceptors (Lipinski definition) is 6. The molecule has 0 radical (unpaired) electrons. The summed E-state index contributed by atoms with van der Waals surface area (Å²) in [5.74, 6) is -0.421. The molecule has 0 aliphatic heterocycles. The van der Waals surface area contributed by atoms with Crippen molar-refractivity contribution in [1.82, 2.24) is 10.1 Å². The van der Waals surface area contributed by atoms with Crippen LogP contribution >= 0.6 is 22.9 Å². The normalized spacial score (nSPS) is 10.6. The summed E-state index contributed by atoms with van der Waals surface area (Å²) in [6, 6.07) is 8.85. The van der Waals surface area contributed by atoms with E-state index in [4.69, 9.17) is 20.9 Å². The monoisotopic (exact) mass is 338 g/mol. The Labute approximate surface area is 133 Å². The lowest BCUT2D eigenvalue weighted by Gasteiger charge is -1.98. The highest BCUT2D eigenvalue weighted by Crippen LogP contribution is 2.22. The van der Waals surface area contributed by atoms with Crippen molar-refractivity contribution in [2.75, 3.05) is 0 Å². The van der Waals surface area contributed by atoms with E-state index in [0.29, 0.717) is 20.6 Å². The molecule has 0 amide bonds. The molecule has 0 bridgehead atoms. The molecule has 0 fully saturated rings. The fraction of sp³-hybridized carbons (Fsp3) is 0.0714. The van der Waals surface area contributed by atoms with Gasteiger partial charge in [-0.15, -0.1) is 11.3 Å². The van der Waals surface area contributed by atoms with E-state index in [1.807, 2.05) is 0 Å². The molecule has 0 aliphatic carbocycles. The first-order valence-electron chi connectivity index (χ1n) is 6.13. The number of nitrogens with zero attached hydrogens (tertiary/aromatic N) is 2. The average Bonchev–Trinajstić information content (AvgIpc) is 3.15. The molecule has 2 aromatic heterocycles. The van der Waals surface area contributed by atoms with Crippen LogP contribution in [-0.2, 0) is 11.3 Å². The molecule has 3 rings (SSSR count). The van der Waals surface area contributed by atoms with Crippen LogP contribution in [0.25, 0.3) is 11.4 Å². The summed E-state index contributed by atoms with van der Waals surface area (Å²) in [5, 5.41) is 3.75. The van der Waals surface area contributed by atoms with Crippen molar-refractivity contribution >= 4 is 28.9 Å². The third kappa shape index (κ3) is 3.32. The fourth-order valence-electron chi connectivity index (χ4n) is 1.65. The molecule has 0 saturated heterocycles. The van der Waals surface area contributed by atoms with Crippen molar-refractivity contribution in [2.45, 2.75) is 6.61 Å². The number of carbonyl (C=O) groups excluding carboxylic acids is 1. The molecule has 0 spiro atoms. The molecule has 112 valence electrons. The third-order valence-electron chi connectivity index (χ3n) is 2.67. The maximum atomic E-state index is 12.8. The van der Waals surface area contributed by atoms with E-state index in [1.54, 1.807) is 12.1 Å². The summed E-state index contributed by atoms with van der Waals surface area (Å²) >= 11 is 6.87. The van der Waals surface area contributed by atoms with E-state index >= 15 is 0 Å². The van der Waals surface area contributed by atoms with Crippen LogP contribution in [0.1, 0.15) is 15.6 Å². The van der Waals surface area contributed by atoms with Crippen LogP contribution in [0.3, 0.4) is 0 Å². The van der Waals surface area contributed by atoms with E-state index in [9.17, 15) is 9.18 Å². The Morgan fingerprint density at radius 3 is 2.73 bits per heavy atom. The van der Waals surface area contributed by atoms with Crippen molar-refractivity contribution in [3.05, 3.63) is 57.3 Å². The van der Waals surface area contributed by atoms with Gasteiger partial charge in [0.15, 0.2) is 6.61 Å². The average molecular weight is 339 g/mol. The Bertz CT molecular complexity index is 801. The van der Waals surface area contributed by atoms with Gasteiger partial charge in [-0.3, -0.25) is 0 Å². The van der Waals surface area contributed by atoms with Gasteiger partial charge in [0.05, 0.1) is 4.34 Å². The third-order valence-corrected chi connectivity index (χ3v) is 3.88. The lowest BCUT2D eigenvalue weighted by atomic mass is 10.2. The highest BCUT2D eigenvalue weighted by Gasteiger charge is 2.14. The molecule has 3 aromatic rings. The van der Waals surface area contributed by atoms with Gasteiger partial charge in [-0.05, 0) is 36.4 Å². The second-order valence-corrected chi connectivity index (χ2v) is 5.91. The van der Waals surface area contributed by atoms with Crippen LogP contribution in [0, 0.1) is 5.82 Å². The van der Waals surface area contributed by atoms with Crippen molar-refractivity contribution in [3.63, 3.8) is 0 Å². The number of aromatic nitrogens is 2. The van der Waals surface area contributed by atoms with E-state index in [0.717, 1.165) is 11.3 Å². The van der Waals surface area contributed by atoms with Gasteiger partial charge in [-0.1, -0.05) is 16.8 Å². The zero-order valence-electron chi connectivity index (χ0n) is 11.0. The van der Waals surface area contributed by atoms with Crippen LogP contribution in [0.5, 0.6) is 0 Å². The molecule has 0 N–H and O–H groups in total. The van der Waals surface area contributed by atoms with Gasteiger partial charge >= 0.3 is 5.97 Å². The summed E-state index contributed by atoms with van der Waals surface area (Å²) in [4.78, 5) is 16.2. The lowest BCUT2D eigenvalue weighted by molar-refractivity contribution is 0.0435. The molecule has 0 unspecified atom stereocenters. The number of hydrogen-bond donors (Lipinski definition) is 0. The zero-order chi connectivity index (χ0) is 15.5. The molecule has 8 heteroatoms. The molecule has 2 heterocycles. The molecular formula is C14H8ClFN2O3S. The second-order valence-electron chi connectivity index (χ2n) is 4.20. The minimum absolute atomic E-state index is 0.148. The van der Waals surface area contributed by atoms with Crippen LogP contribution < -0.4 is 0 Å². The smallest absolute Gasteiger partial charge is 0.348 e. The Hall–Kier alpha value is -2.25. The second kappa shape index (κ2) is 6.25. The standard InChI is InChI=1S/C14H8ClFN2O3S/c15-11-6-5-10(22-11)14(19)20-7-12-17-13(18-21-12)8-1-3-9(16)4-2-8/h1-6H,7H2. The van der Waals surface area contributed by atoms with Gasteiger partial charge in [0, 0.05) is 5.56 Å². The Morgan fingerprint density at radius 1 is 1.27 bits per heavy atom. The summed E-state index contributed by atoms with van der Waals surface area (Å²) in [7, 11) is 0. The molecule has 22 heavy (non-hydrogen) atoms. The zero-order valence-corrected chi connectivity index (χ0v) is 12.5. The van der Waals surface area contributed by atoms with Crippen LogP contribution in [-0.4, -0.2) is 16.1 Å². The Balaban J connectivity index is 1.64. The van der Waals surface area contributed by atoms with Gasteiger partial charge in [0.25, 0.3) is 5.89 Å². The first-order chi connectivity index (χ1) is 10.6. The van der Waals surface area contributed by atoms with Crippen LogP contribution in [0.2, 0.25) is 4.34 Å². The number of benzene rings is 1. The first-order valence-corrected chi connectivity index (χ1v) is 7.32. The maximum absolute atomic E-state index is 12.8. The number of rotatable bonds is 4. The fourth-order valence-corrected chi connectivity index (χ4v) is 2.59. The Morgan fingerprint density at radius 2 is 2.05 bits per heavy atom. The maximum Gasteiger partial charge on any atom is 0.348 e. The summed E-state index contributed by atoms with van der Waals surface area (Å²) < 4.78 is 23.4. The predicted molar refractivity (Wildman–Crippen MR) is 78.1 cm³/mol. The van der Waals surface area contributed by atoms with Crippen molar-refractivity contribution in [1.29, 1.82) is 0 Å². The van der Waals surface area contributed by atoms with Gasteiger partial charge in [0.1, 0.15) is 10.7 Å². The minimum atomic E-state index is -0.515. The molecule has 5 nitrogen and oxygen atoms in total. The molecule has 0 atom stereocenters. The van der Waals surface area contributed by atoms with Gasteiger partial charge in [-0.2, -0.15) is 4.98 Å². The van der Waals surface area contributed by atoms with E-state index in [1.165, 1.54) is 24.3 Å². The van der Waals surface area contributed by atoms with E-state index in [-0.39, 0.29) is 18.3 Å². The van der Waals surface area contributed by atoms with E-state index < -0.39 is 5.97 Å².